The van der Waals surface area contributed by atoms with E-state index in [-0.39, 0.29) is 5.82 Å². The Morgan fingerprint density at radius 2 is 2.12 bits per heavy atom. The quantitative estimate of drug-likeness (QED) is 0.881. The Morgan fingerprint density at radius 3 is 2.71 bits per heavy atom. The van der Waals surface area contributed by atoms with E-state index in [1.807, 2.05) is 26.2 Å². The molecule has 1 heterocycles. The molecule has 0 aliphatic rings. The summed E-state index contributed by atoms with van der Waals surface area (Å²) in [5, 5.41) is 4.09. The number of hydrogen-bond acceptors (Lipinski definition) is 2. The number of aromatic nitrogens is 2. The van der Waals surface area contributed by atoms with Gasteiger partial charge in [0.2, 0.25) is 0 Å². The lowest BCUT2D eigenvalue weighted by Gasteiger charge is -2.23. The second kappa shape index (κ2) is 4.30. The van der Waals surface area contributed by atoms with Crippen molar-refractivity contribution in [3.05, 3.63) is 53.6 Å². The maximum Gasteiger partial charge on any atom is 0.126 e. The van der Waals surface area contributed by atoms with Crippen molar-refractivity contribution in [2.45, 2.75) is 18.9 Å². The van der Waals surface area contributed by atoms with E-state index in [9.17, 15) is 4.39 Å². The number of rotatable bonds is 3. The Hall–Kier alpha value is -1.68. The van der Waals surface area contributed by atoms with E-state index in [2.05, 4.69) is 5.10 Å². The van der Waals surface area contributed by atoms with Crippen LogP contribution in [0.25, 0.3) is 0 Å². The van der Waals surface area contributed by atoms with Crippen LogP contribution in [-0.2, 0) is 19.0 Å². The lowest BCUT2D eigenvalue weighted by atomic mass is 9.88. The summed E-state index contributed by atoms with van der Waals surface area (Å²) in [4.78, 5) is 0. The standard InChI is InChI=1S/C13H16FN3/c1-13(15,11-8-16-17(2)9-11)7-10-5-3-4-6-12(10)14/h3-6,8-9H,7,15H2,1-2H3. The van der Waals surface area contributed by atoms with Gasteiger partial charge in [-0.25, -0.2) is 4.39 Å². The Kier molecular flexibility index (Phi) is 2.98. The summed E-state index contributed by atoms with van der Waals surface area (Å²) >= 11 is 0. The fourth-order valence-electron chi connectivity index (χ4n) is 1.86. The van der Waals surface area contributed by atoms with E-state index in [0.29, 0.717) is 12.0 Å². The maximum atomic E-state index is 13.6. The van der Waals surface area contributed by atoms with Gasteiger partial charge in [0.1, 0.15) is 5.82 Å². The molecule has 90 valence electrons. The van der Waals surface area contributed by atoms with Crippen molar-refractivity contribution in [1.29, 1.82) is 0 Å². The normalized spacial score (nSPS) is 14.6. The summed E-state index contributed by atoms with van der Waals surface area (Å²) in [6, 6.07) is 6.71. The monoisotopic (exact) mass is 233 g/mol. The molecule has 3 nitrogen and oxygen atoms in total. The Balaban J connectivity index is 2.26. The van der Waals surface area contributed by atoms with Gasteiger partial charge in [0.25, 0.3) is 0 Å². The van der Waals surface area contributed by atoms with Crippen molar-refractivity contribution < 1.29 is 4.39 Å². The lowest BCUT2D eigenvalue weighted by molar-refractivity contribution is 0.475. The van der Waals surface area contributed by atoms with Crippen molar-refractivity contribution in [3.8, 4) is 0 Å². The van der Waals surface area contributed by atoms with E-state index in [1.54, 1.807) is 23.0 Å². The molecule has 0 spiro atoms. The van der Waals surface area contributed by atoms with Crippen molar-refractivity contribution >= 4 is 0 Å². The van der Waals surface area contributed by atoms with Gasteiger partial charge in [0.15, 0.2) is 0 Å². The highest BCUT2D eigenvalue weighted by atomic mass is 19.1. The number of aryl methyl sites for hydroxylation is 1. The van der Waals surface area contributed by atoms with Crippen LogP contribution in [0.2, 0.25) is 0 Å². The first-order chi connectivity index (χ1) is 7.99. The lowest BCUT2D eigenvalue weighted by Crippen LogP contribution is -2.35. The molecule has 4 heteroatoms. The SMILES string of the molecule is Cn1cc(C(C)(N)Cc2ccccc2F)cn1. The maximum absolute atomic E-state index is 13.6. The fraction of sp³-hybridized carbons (Fsp3) is 0.308. The van der Waals surface area contributed by atoms with Crippen LogP contribution in [0.3, 0.4) is 0 Å². The first-order valence-electron chi connectivity index (χ1n) is 5.50. The summed E-state index contributed by atoms with van der Waals surface area (Å²) < 4.78 is 15.3. The Bertz CT molecular complexity index is 517. The van der Waals surface area contributed by atoms with Crippen LogP contribution >= 0.6 is 0 Å². The summed E-state index contributed by atoms with van der Waals surface area (Å²) in [6.45, 7) is 1.89. The molecule has 0 aliphatic carbocycles. The van der Waals surface area contributed by atoms with Gasteiger partial charge in [-0.1, -0.05) is 18.2 Å². The summed E-state index contributed by atoms with van der Waals surface area (Å²) in [5.41, 5.74) is 7.15. The average molecular weight is 233 g/mol. The molecule has 0 aliphatic heterocycles. The number of nitrogens with zero attached hydrogens (tertiary/aromatic N) is 2. The van der Waals surface area contributed by atoms with E-state index in [1.165, 1.54) is 6.07 Å². The molecule has 2 rings (SSSR count). The topological polar surface area (TPSA) is 43.8 Å². The molecular formula is C13H16FN3. The molecule has 17 heavy (non-hydrogen) atoms. The fourth-order valence-corrected chi connectivity index (χ4v) is 1.86. The van der Waals surface area contributed by atoms with E-state index < -0.39 is 5.54 Å². The van der Waals surface area contributed by atoms with Crippen molar-refractivity contribution in [2.75, 3.05) is 0 Å². The molecule has 2 N–H and O–H groups in total. The smallest absolute Gasteiger partial charge is 0.126 e. The second-order valence-electron chi connectivity index (χ2n) is 4.59. The van der Waals surface area contributed by atoms with Crippen LogP contribution in [0.5, 0.6) is 0 Å². The summed E-state index contributed by atoms with van der Waals surface area (Å²) in [7, 11) is 1.84. The number of hydrogen-bond donors (Lipinski definition) is 1. The van der Waals surface area contributed by atoms with Crippen LogP contribution in [0.4, 0.5) is 4.39 Å². The number of halogens is 1. The predicted molar refractivity (Wildman–Crippen MR) is 64.9 cm³/mol. The van der Waals surface area contributed by atoms with Gasteiger partial charge in [-0.2, -0.15) is 5.10 Å². The van der Waals surface area contributed by atoms with Gasteiger partial charge in [0.05, 0.1) is 6.20 Å². The van der Waals surface area contributed by atoms with Crippen LogP contribution < -0.4 is 5.73 Å². The molecule has 1 aromatic heterocycles. The molecule has 0 fully saturated rings. The minimum atomic E-state index is -0.615. The average Bonchev–Trinajstić information content (AvgIpc) is 2.69. The zero-order valence-corrected chi connectivity index (χ0v) is 10.0. The number of nitrogens with two attached hydrogens (primary N) is 1. The third-order valence-corrected chi connectivity index (χ3v) is 2.88. The third kappa shape index (κ3) is 2.53. The minimum Gasteiger partial charge on any atom is -0.321 e. The van der Waals surface area contributed by atoms with Crippen molar-refractivity contribution in [2.24, 2.45) is 12.8 Å². The van der Waals surface area contributed by atoms with Gasteiger partial charge in [-0.15, -0.1) is 0 Å². The molecule has 2 aromatic rings. The Labute approximate surface area is 100 Å². The summed E-state index contributed by atoms with van der Waals surface area (Å²) in [6.07, 6.45) is 4.03. The molecule has 0 saturated carbocycles. The molecule has 1 atom stereocenters. The Morgan fingerprint density at radius 1 is 1.41 bits per heavy atom. The largest absolute Gasteiger partial charge is 0.321 e. The zero-order chi connectivity index (χ0) is 12.5. The van der Waals surface area contributed by atoms with Crippen LogP contribution in [-0.4, -0.2) is 9.78 Å². The van der Waals surface area contributed by atoms with Gasteiger partial charge in [-0.3, -0.25) is 4.68 Å². The van der Waals surface area contributed by atoms with E-state index in [0.717, 1.165) is 5.56 Å². The van der Waals surface area contributed by atoms with Gasteiger partial charge in [-0.05, 0) is 25.0 Å². The van der Waals surface area contributed by atoms with Gasteiger partial charge >= 0.3 is 0 Å². The van der Waals surface area contributed by atoms with Crippen molar-refractivity contribution in [3.63, 3.8) is 0 Å². The number of benzene rings is 1. The van der Waals surface area contributed by atoms with Crippen LogP contribution in [0, 0.1) is 5.82 Å². The highest BCUT2D eigenvalue weighted by molar-refractivity contribution is 5.25. The summed E-state index contributed by atoms with van der Waals surface area (Å²) in [5.74, 6) is -0.215. The predicted octanol–water partition coefficient (Wildman–Crippen LogP) is 1.98. The minimum absolute atomic E-state index is 0.215. The van der Waals surface area contributed by atoms with E-state index in [4.69, 9.17) is 5.73 Å². The zero-order valence-electron chi connectivity index (χ0n) is 10.0. The third-order valence-electron chi connectivity index (χ3n) is 2.88. The second-order valence-corrected chi connectivity index (χ2v) is 4.59. The highest BCUT2D eigenvalue weighted by Crippen LogP contribution is 2.23. The van der Waals surface area contributed by atoms with E-state index >= 15 is 0 Å². The molecule has 0 bridgehead atoms. The molecule has 0 radical (unpaired) electrons. The first-order valence-corrected chi connectivity index (χ1v) is 5.50. The molecule has 1 unspecified atom stereocenters. The molecule has 1 aromatic carbocycles. The first kappa shape index (κ1) is 11.8. The van der Waals surface area contributed by atoms with Gasteiger partial charge in [0, 0.05) is 24.3 Å². The van der Waals surface area contributed by atoms with Crippen LogP contribution in [0.1, 0.15) is 18.1 Å². The highest BCUT2D eigenvalue weighted by Gasteiger charge is 2.24. The van der Waals surface area contributed by atoms with Crippen molar-refractivity contribution in [1.82, 2.24) is 9.78 Å². The molecule has 0 amide bonds. The van der Waals surface area contributed by atoms with Crippen LogP contribution in [0.15, 0.2) is 36.7 Å². The molecule has 0 saturated heterocycles. The molecular weight excluding hydrogens is 217 g/mol. The van der Waals surface area contributed by atoms with Gasteiger partial charge < -0.3 is 5.73 Å².